The molecule has 2 aromatic rings. The number of hydrogen-bond acceptors (Lipinski definition) is 6. The summed E-state index contributed by atoms with van der Waals surface area (Å²) in [5.74, 6) is -0.525. The van der Waals surface area contributed by atoms with Crippen LogP contribution in [0.25, 0.3) is 0 Å². The number of aromatic amines is 1. The molecule has 0 saturated heterocycles. The highest BCUT2D eigenvalue weighted by Gasteiger charge is 2.31. The molecule has 0 fully saturated rings. The van der Waals surface area contributed by atoms with Crippen molar-refractivity contribution >= 4 is 17.7 Å². The van der Waals surface area contributed by atoms with Gasteiger partial charge in [0.25, 0.3) is 5.91 Å². The van der Waals surface area contributed by atoms with E-state index < -0.39 is 12.0 Å². The maximum Gasteiger partial charge on any atom is 0.354 e. The third-order valence-corrected chi connectivity index (χ3v) is 5.25. The fourth-order valence-corrected chi connectivity index (χ4v) is 3.55. The van der Waals surface area contributed by atoms with Gasteiger partial charge in [0.2, 0.25) is 0 Å². The fraction of sp³-hybridized carbons (Fsp3) is 0.435. The molecule has 31 heavy (non-hydrogen) atoms. The van der Waals surface area contributed by atoms with Gasteiger partial charge >= 0.3 is 5.97 Å². The minimum absolute atomic E-state index is 0.237. The minimum atomic E-state index is -0.755. The van der Waals surface area contributed by atoms with Crippen molar-refractivity contribution in [2.24, 2.45) is 0 Å². The summed E-state index contributed by atoms with van der Waals surface area (Å²) in [5.41, 5.74) is 2.12. The summed E-state index contributed by atoms with van der Waals surface area (Å²) in [7, 11) is 4.40. The number of H-pyrrole nitrogens is 1. The number of nitrogens with zero attached hydrogens (tertiary/aromatic N) is 1. The van der Waals surface area contributed by atoms with Gasteiger partial charge in [-0.15, -0.1) is 0 Å². The Morgan fingerprint density at radius 1 is 1.13 bits per heavy atom. The lowest BCUT2D eigenvalue weighted by molar-refractivity contribution is 0.0591. The van der Waals surface area contributed by atoms with Crippen LogP contribution in [0.5, 0.6) is 5.75 Å². The standard InChI is InChI=1S/C23H30N2O6/c1-14-19(15(2)24-20(14)23(28)31-6)21(26)16(3)25(11-8-12-29-4)22(27)17-9-7-10-18(13-17)30-5/h7,9-10,13,16,24H,8,11-12H2,1-6H3/t16-/m1/s1. The summed E-state index contributed by atoms with van der Waals surface area (Å²) in [6.07, 6.45) is 0.572. The van der Waals surface area contributed by atoms with E-state index >= 15 is 0 Å². The van der Waals surface area contributed by atoms with Crippen molar-refractivity contribution in [3.8, 4) is 5.75 Å². The van der Waals surface area contributed by atoms with Crippen molar-refractivity contribution in [2.75, 3.05) is 34.5 Å². The number of ether oxygens (including phenoxy) is 3. The zero-order valence-corrected chi connectivity index (χ0v) is 18.9. The molecule has 2 rings (SSSR count). The molecular formula is C23H30N2O6. The molecule has 1 aromatic carbocycles. The SMILES string of the molecule is COCCCN(C(=O)c1cccc(OC)c1)[C@H](C)C(=O)c1c(C)[nH]c(C(=O)OC)c1C. The fourth-order valence-electron chi connectivity index (χ4n) is 3.55. The van der Waals surface area contributed by atoms with E-state index in [9.17, 15) is 14.4 Å². The molecule has 0 aliphatic carbocycles. The zero-order chi connectivity index (χ0) is 23.1. The number of carbonyl (C=O) groups is 3. The van der Waals surface area contributed by atoms with Crippen molar-refractivity contribution < 1.29 is 28.6 Å². The molecule has 0 spiro atoms. The lowest BCUT2D eigenvalue weighted by Crippen LogP contribution is -2.44. The second-order valence-electron chi connectivity index (χ2n) is 7.23. The summed E-state index contributed by atoms with van der Waals surface area (Å²) < 4.78 is 15.1. The van der Waals surface area contributed by atoms with Crippen molar-refractivity contribution in [1.82, 2.24) is 9.88 Å². The molecule has 1 heterocycles. The number of carbonyl (C=O) groups excluding carboxylic acids is 3. The normalized spacial score (nSPS) is 11.7. The van der Waals surface area contributed by atoms with Crippen LogP contribution < -0.4 is 4.74 Å². The minimum Gasteiger partial charge on any atom is -0.497 e. The smallest absolute Gasteiger partial charge is 0.354 e. The van der Waals surface area contributed by atoms with Crippen LogP contribution in [0.2, 0.25) is 0 Å². The Morgan fingerprint density at radius 3 is 2.45 bits per heavy atom. The number of aryl methyl sites for hydroxylation is 1. The number of hydrogen-bond donors (Lipinski definition) is 1. The van der Waals surface area contributed by atoms with Gasteiger partial charge in [0.05, 0.1) is 20.3 Å². The van der Waals surface area contributed by atoms with Crippen molar-refractivity contribution in [1.29, 1.82) is 0 Å². The topological polar surface area (TPSA) is 97.9 Å². The van der Waals surface area contributed by atoms with Crippen LogP contribution >= 0.6 is 0 Å². The average molecular weight is 431 g/mol. The second kappa shape index (κ2) is 10.8. The van der Waals surface area contributed by atoms with Gasteiger partial charge < -0.3 is 24.1 Å². The van der Waals surface area contributed by atoms with Crippen LogP contribution in [0, 0.1) is 13.8 Å². The number of amides is 1. The van der Waals surface area contributed by atoms with E-state index in [4.69, 9.17) is 14.2 Å². The number of nitrogens with one attached hydrogen (secondary N) is 1. The van der Waals surface area contributed by atoms with Crippen LogP contribution in [-0.2, 0) is 9.47 Å². The molecule has 8 heteroatoms. The summed E-state index contributed by atoms with van der Waals surface area (Å²) in [5, 5.41) is 0. The second-order valence-corrected chi connectivity index (χ2v) is 7.23. The van der Waals surface area contributed by atoms with Gasteiger partial charge in [0.15, 0.2) is 5.78 Å². The van der Waals surface area contributed by atoms with Gasteiger partial charge in [-0.05, 0) is 51.0 Å². The number of Topliss-reactive ketones (excluding diaryl/α,β-unsaturated/α-hetero) is 1. The average Bonchev–Trinajstić information content (AvgIpc) is 3.08. The highest BCUT2D eigenvalue weighted by Crippen LogP contribution is 2.23. The molecule has 1 atom stereocenters. The zero-order valence-electron chi connectivity index (χ0n) is 18.9. The monoisotopic (exact) mass is 430 g/mol. The molecule has 1 aromatic heterocycles. The largest absolute Gasteiger partial charge is 0.497 e. The number of ketones is 1. The van der Waals surface area contributed by atoms with E-state index in [1.54, 1.807) is 52.1 Å². The van der Waals surface area contributed by atoms with Crippen molar-refractivity contribution in [3.05, 3.63) is 52.3 Å². The van der Waals surface area contributed by atoms with E-state index in [-0.39, 0.29) is 17.4 Å². The first-order valence-corrected chi connectivity index (χ1v) is 10.0. The van der Waals surface area contributed by atoms with Gasteiger partial charge in [-0.2, -0.15) is 0 Å². The Hall–Kier alpha value is -3.13. The van der Waals surface area contributed by atoms with E-state index in [1.165, 1.54) is 19.1 Å². The van der Waals surface area contributed by atoms with E-state index in [2.05, 4.69) is 4.98 Å². The molecule has 0 unspecified atom stereocenters. The molecule has 8 nitrogen and oxygen atoms in total. The number of benzene rings is 1. The van der Waals surface area contributed by atoms with Gasteiger partial charge in [0.1, 0.15) is 11.4 Å². The first-order valence-electron chi connectivity index (χ1n) is 10.0. The highest BCUT2D eigenvalue weighted by atomic mass is 16.5. The first-order chi connectivity index (χ1) is 14.8. The third kappa shape index (κ3) is 5.32. The van der Waals surface area contributed by atoms with E-state index in [1.807, 2.05) is 0 Å². The predicted octanol–water partition coefficient (Wildman–Crippen LogP) is 3.18. The third-order valence-electron chi connectivity index (χ3n) is 5.25. The Kier molecular flexibility index (Phi) is 8.38. The Bertz CT molecular complexity index is 950. The van der Waals surface area contributed by atoms with E-state index in [0.717, 1.165) is 0 Å². The highest BCUT2D eigenvalue weighted by molar-refractivity contribution is 6.07. The Morgan fingerprint density at radius 2 is 1.84 bits per heavy atom. The van der Waals surface area contributed by atoms with Gasteiger partial charge in [-0.3, -0.25) is 9.59 Å². The van der Waals surface area contributed by atoms with Crippen LogP contribution in [0.4, 0.5) is 0 Å². The maximum atomic E-state index is 13.4. The van der Waals surface area contributed by atoms with Crippen LogP contribution in [-0.4, -0.2) is 68.1 Å². The lowest BCUT2D eigenvalue weighted by atomic mass is 9.99. The Labute approximate surface area is 182 Å². The summed E-state index contributed by atoms with van der Waals surface area (Å²) in [6.45, 7) is 5.89. The van der Waals surface area contributed by atoms with Gasteiger partial charge in [0, 0.05) is 37.1 Å². The van der Waals surface area contributed by atoms with Crippen LogP contribution in [0.3, 0.4) is 0 Å². The molecular weight excluding hydrogens is 400 g/mol. The number of aromatic nitrogens is 1. The molecule has 0 radical (unpaired) electrons. The molecule has 0 saturated carbocycles. The number of rotatable bonds is 10. The van der Waals surface area contributed by atoms with Crippen LogP contribution in [0.15, 0.2) is 24.3 Å². The molecule has 0 aliphatic rings. The molecule has 0 bridgehead atoms. The molecule has 0 aliphatic heterocycles. The quantitative estimate of drug-likeness (QED) is 0.353. The lowest BCUT2D eigenvalue weighted by Gasteiger charge is -2.29. The number of esters is 1. The Balaban J connectivity index is 2.39. The maximum absolute atomic E-state index is 13.4. The molecule has 168 valence electrons. The first kappa shape index (κ1) is 24.1. The molecule has 1 amide bonds. The van der Waals surface area contributed by atoms with Crippen LogP contribution in [0.1, 0.15) is 55.8 Å². The molecule has 1 N–H and O–H groups in total. The van der Waals surface area contributed by atoms with Gasteiger partial charge in [-0.25, -0.2) is 4.79 Å². The summed E-state index contributed by atoms with van der Waals surface area (Å²) in [4.78, 5) is 43.2. The van der Waals surface area contributed by atoms with E-state index in [0.29, 0.717) is 47.7 Å². The van der Waals surface area contributed by atoms with Crippen molar-refractivity contribution in [3.63, 3.8) is 0 Å². The number of methoxy groups -OCH3 is 3. The van der Waals surface area contributed by atoms with Gasteiger partial charge in [-0.1, -0.05) is 6.07 Å². The summed E-state index contributed by atoms with van der Waals surface area (Å²) >= 11 is 0. The predicted molar refractivity (Wildman–Crippen MR) is 116 cm³/mol. The van der Waals surface area contributed by atoms with Crippen molar-refractivity contribution in [2.45, 2.75) is 33.2 Å². The summed E-state index contributed by atoms with van der Waals surface area (Å²) in [6, 6.07) is 6.06.